The molecule has 0 aliphatic carbocycles. The molecular formula is C20H29NO7. The summed E-state index contributed by atoms with van der Waals surface area (Å²) < 4.78 is 39.6. The number of benzene rings is 1. The van der Waals surface area contributed by atoms with E-state index in [0.717, 1.165) is 5.56 Å². The van der Waals surface area contributed by atoms with Crippen molar-refractivity contribution in [3.63, 3.8) is 0 Å². The molecule has 1 heterocycles. The molecule has 8 heteroatoms. The molecule has 0 N–H and O–H groups in total. The van der Waals surface area contributed by atoms with Gasteiger partial charge in [-0.3, -0.25) is 0 Å². The first-order valence-electron chi connectivity index (χ1n) is 9.17. The normalized spacial score (nSPS) is 27.4. The Morgan fingerprint density at radius 2 is 1.61 bits per heavy atom. The first kappa shape index (κ1) is 22.7. The second kappa shape index (κ2) is 12.8. The van der Waals surface area contributed by atoms with E-state index in [4.69, 9.17) is 38.4 Å². The van der Waals surface area contributed by atoms with Gasteiger partial charge in [-0.25, -0.2) is 0 Å². The SMILES string of the molecule is COCO[C@@H]1[C@@H](OCOC)[C@@H](OC)O[C@H](CCC#N)[C@H]1OCc1ccccc1. The molecule has 1 aromatic carbocycles. The van der Waals surface area contributed by atoms with Gasteiger partial charge in [-0.1, -0.05) is 30.3 Å². The van der Waals surface area contributed by atoms with E-state index < -0.39 is 30.7 Å². The Labute approximate surface area is 166 Å². The first-order valence-corrected chi connectivity index (χ1v) is 9.17. The Morgan fingerprint density at radius 3 is 2.21 bits per heavy atom. The maximum atomic E-state index is 9.02. The smallest absolute Gasteiger partial charge is 0.186 e. The summed E-state index contributed by atoms with van der Waals surface area (Å²) in [5.41, 5.74) is 1.02. The van der Waals surface area contributed by atoms with Crippen LogP contribution in [0.25, 0.3) is 0 Å². The zero-order chi connectivity index (χ0) is 20.2. The van der Waals surface area contributed by atoms with Gasteiger partial charge in [0.2, 0.25) is 0 Å². The van der Waals surface area contributed by atoms with Crippen LogP contribution in [-0.2, 0) is 39.8 Å². The van der Waals surface area contributed by atoms with Crippen molar-refractivity contribution in [3.05, 3.63) is 35.9 Å². The van der Waals surface area contributed by atoms with Crippen LogP contribution in [0.5, 0.6) is 0 Å². The molecule has 0 spiro atoms. The lowest BCUT2D eigenvalue weighted by Gasteiger charge is -2.45. The molecule has 0 aromatic heterocycles. The van der Waals surface area contributed by atoms with Crippen molar-refractivity contribution >= 4 is 0 Å². The lowest BCUT2D eigenvalue weighted by molar-refractivity contribution is -0.330. The number of nitrogens with zero attached hydrogens (tertiary/aromatic N) is 1. The molecule has 1 aliphatic heterocycles. The minimum Gasteiger partial charge on any atom is -0.368 e. The number of methoxy groups -OCH3 is 3. The summed E-state index contributed by atoms with van der Waals surface area (Å²) in [5.74, 6) is 0. The van der Waals surface area contributed by atoms with Gasteiger partial charge in [-0.2, -0.15) is 5.26 Å². The van der Waals surface area contributed by atoms with Crippen molar-refractivity contribution < 1.29 is 33.2 Å². The molecule has 0 unspecified atom stereocenters. The van der Waals surface area contributed by atoms with Crippen LogP contribution in [0.2, 0.25) is 0 Å². The highest BCUT2D eigenvalue weighted by molar-refractivity contribution is 5.13. The molecule has 0 amide bonds. The second-order valence-electron chi connectivity index (χ2n) is 6.31. The summed E-state index contributed by atoms with van der Waals surface area (Å²) >= 11 is 0. The first-order chi connectivity index (χ1) is 13.7. The predicted molar refractivity (Wildman–Crippen MR) is 99.0 cm³/mol. The van der Waals surface area contributed by atoms with Gasteiger partial charge in [0.1, 0.15) is 31.9 Å². The Bertz CT molecular complexity index is 580. The van der Waals surface area contributed by atoms with E-state index in [1.807, 2.05) is 30.3 Å². The van der Waals surface area contributed by atoms with E-state index in [1.54, 1.807) is 7.11 Å². The van der Waals surface area contributed by atoms with E-state index in [-0.39, 0.29) is 13.6 Å². The third-order valence-electron chi connectivity index (χ3n) is 4.41. The highest BCUT2D eigenvalue weighted by Crippen LogP contribution is 2.31. The topological polar surface area (TPSA) is 88.4 Å². The highest BCUT2D eigenvalue weighted by atomic mass is 16.7. The second-order valence-corrected chi connectivity index (χ2v) is 6.31. The van der Waals surface area contributed by atoms with Gasteiger partial charge in [0.05, 0.1) is 18.8 Å². The van der Waals surface area contributed by atoms with E-state index in [9.17, 15) is 0 Å². The van der Waals surface area contributed by atoms with E-state index in [1.165, 1.54) is 14.2 Å². The summed E-state index contributed by atoms with van der Waals surface area (Å²) in [6.07, 6.45) is -1.85. The number of hydrogen-bond acceptors (Lipinski definition) is 8. The molecular weight excluding hydrogens is 366 g/mol. The van der Waals surface area contributed by atoms with Gasteiger partial charge in [0.25, 0.3) is 0 Å². The van der Waals surface area contributed by atoms with Crippen molar-refractivity contribution in [1.82, 2.24) is 0 Å². The van der Waals surface area contributed by atoms with Gasteiger partial charge in [-0.05, 0) is 12.0 Å². The summed E-state index contributed by atoms with van der Waals surface area (Å²) in [6, 6.07) is 12.0. The summed E-state index contributed by atoms with van der Waals surface area (Å²) in [7, 11) is 4.62. The zero-order valence-electron chi connectivity index (χ0n) is 16.6. The Kier molecular flexibility index (Phi) is 10.4. The summed E-state index contributed by atoms with van der Waals surface area (Å²) in [6.45, 7) is 0.485. The van der Waals surface area contributed by atoms with Crippen LogP contribution in [0.4, 0.5) is 0 Å². The van der Waals surface area contributed by atoms with Crippen molar-refractivity contribution in [2.75, 3.05) is 34.9 Å². The maximum Gasteiger partial charge on any atom is 0.186 e. The molecule has 1 aromatic rings. The van der Waals surface area contributed by atoms with Gasteiger partial charge in [-0.15, -0.1) is 0 Å². The van der Waals surface area contributed by atoms with Crippen molar-refractivity contribution in [2.45, 2.75) is 50.2 Å². The molecule has 28 heavy (non-hydrogen) atoms. The number of nitriles is 1. The Hall–Kier alpha value is -1.57. The Morgan fingerprint density at radius 1 is 0.929 bits per heavy atom. The van der Waals surface area contributed by atoms with Gasteiger partial charge >= 0.3 is 0 Å². The fourth-order valence-electron chi connectivity index (χ4n) is 3.13. The average molecular weight is 395 g/mol. The van der Waals surface area contributed by atoms with Crippen molar-refractivity contribution in [3.8, 4) is 6.07 Å². The van der Waals surface area contributed by atoms with Crippen LogP contribution in [0.1, 0.15) is 18.4 Å². The highest BCUT2D eigenvalue weighted by Gasteiger charge is 2.48. The number of hydrogen-bond donors (Lipinski definition) is 0. The zero-order valence-corrected chi connectivity index (χ0v) is 16.6. The van der Waals surface area contributed by atoms with Crippen LogP contribution in [-0.4, -0.2) is 65.6 Å². The van der Waals surface area contributed by atoms with Gasteiger partial charge < -0.3 is 33.2 Å². The maximum absolute atomic E-state index is 9.02. The number of rotatable bonds is 12. The van der Waals surface area contributed by atoms with E-state index in [0.29, 0.717) is 19.4 Å². The molecule has 1 aliphatic rings. The third kappa shape index (κ3) is 6.50. The lowest BCUT2D eigenvalue weighted by Crippen LogP contribution is -2.60. The van der Waals surface area contributed by atoms with Crippen LogP contribution in [0, 0.1) is 11.3 Å². The molecule has 0 bridgehead atoms. The number of ether oxygens (including phenoxy) is 7. The molecule has 8 nitrogen and oxygen atoms in total. The molecule has 1 fully saturated rings. The molecule has 2 rings (SSSR count). The molecule has 0 saturated carbocycles. The third-order valence-corrected chi connectivity index (χ3v) is 4.41. The minimum absolute atomic E-state index is 0.0506. The molecule has 5 atom stereocenters. The average Bonchev–Trinajstić information content (AvgIpc) is 2.74. The Balaban J connectivity index is 2.22. The molecule has 0 radical (unpaired) electrons. The van der Waals surface area contributed by atoms with Gasteiger partial charge in [0.15, 0.2) is 6.29 Å². The van der Waals surface area contributed by atoms with Crippen LogP contribution in [0.3, 0.4) is 0 Å². The van der Waals surface area contributed by atoms with Crippen molar-refractivity contribution in [2.24, 2.45) is 0 Å². The van der Waals surface area contributed by atoms with Crippen LogP contribution >= 0.6 is 0 Å². The molecule has 1 saturated heterocycles. The summed E-state index contributed by atoms with van der Waals surface area (Å²) in [4.78, 5) is 0. The quantitative estimate of drug-likeness (QED) is 0.498. The fourth-order valence-corrected chi connectivity index (χ4v) is 3.13. The largest absolute Gasteiger partial charge is 0.368 e. The predicted octanol–water partition coefficient (Wildman–Crippen LogP) is 2.23. The van der Waals surface area contributed by atoms with Crippen LogP contribution < -0.4 is 0 Å². The van der Waals surface area contributed by atoms with Crippen molar-refractivity contribution in [1.29, 1.82) is 5.26 Å². The lowest BCUT2D eigenvalue weighted by atomic mass is 9.95. The minimum atomic E-state index is -0.683. The summed E-state index contributed by atoms with van der Waals surface area (Å²) in [5, 5.41) is 9.02. The molecule has 156 valence electrons. The fraction of sp³-hybridized carbons (Fsp3) is 0.650. The monoisotopic (exact) mass is 395 g/mol. The van der Waals surface area contributed by atoms with Crippen LogP contribution in [0.15, 0.2) is 30.3 Å². The van der Waals surface area contributed by atoms with E-state index in [2.05, 4.69) is 6.07 Å². The van der Waals surface area contributed by atoms with Gasteiger partial charge in [0, 0.05) is 27.8 Å². The van der Waals surface area contributed by atoms with E-state index >= 15 is 0 Å². The standard InChI is InChI=1S/C20H29NO7/c1-22-13-26-18-17(25-12-15-8-5-4-6-9-15)16(10-7-11-21)28-20(24-3)19(18)27-14-23-2/h4-6,8-9,16-20H,7,10,12-14H2,1-3H3/t16-,17-,18+,19-,20+/m1/s1.